The third-order valence-electron chi connectivity index (χ3n) is 6.59. The summed E-state index contributed by atoms with van der Waals surface area (Å²) in [5, 5.41) is 0. The van der Waals surface area contributed by atoms with Crippen LogP contribution in [0.4, 0.5) is 13.2 Å². The zero-order valence-electron chi connectivity index (χ0n) is 19.0. The van der Waals surface area contributed by atoms with Gasteiger partial charge in [0, 0.05) is 16.6 Å². The molecule has 0 amide bonds. The SMILES string of the molecule is CCCCC1(CCCC)CSc2cc(OC)c(Br)cc2C(c2ccc(C(F)(F)F)cc2)C1. The van der Waals surface area contributed by atoms with Crippen LogP contribution in [0.5, 0.6) is 5.75 Å². The Morgan fingerprint density at radius 3 is 2.22 bits per heavy atom. The van der Waals surface area contributed by atoms with E-state index in [4.69, 9.17) is 4.74 Å². The van der Waals surface area contributed by atoms with Crippen LogP contribution >= 0.6 is 27.7 Å². The van der Waals surface area contributed by atoms with E-state index in [1.807, 2.05) is 11.8 Å². The smallest absolute Gasteiger partial charge is 0.416 e. The second-order valence-electron chi connectivity index (χ2n) is 8.90. The Bertz CT molecular complexity index is 887. The second kappa shape index (κ2) is 10.9. The molecule has 1 unspecified atom stereocenters. The van der Waals surface area contributed by atoms with Crippen LogP contribution in [0.2, 0.25) is 0 Å². The molecular weight excluding hydrogens is 497 g/mol. The number of ether oxygens (including phenoxy) is 1. The highest BCUT2D eigenvalue weighted by Crippen LogP contribution is 2.52. The number of methoxy groups -OCH3 is 1. The van der Waals surface area contributed by atoms with Crippen molar-refractivity contribution in [3.8, 4) is 5.75 Å². The molecule has 176 valence electrons. The van der Waals surface area contributed by atoms with Gasteiger partial charge in [-0.3, -0.25) is 0 Å². The highest BCUT2D eigenvalue weighted by Gasteiger charge is 2.38. The largest absolute Gasteiger partial charge is 0.496 e. The van der Waals surface area contributed by atoms with E-state index in [0.29, 0.717) is 0 Å². The normalized spacial score (nSPS) is 18.2. The molecule has 0 fully saturated rings. The van der Waals surface area contributed by atoms with E-state index >= 15 is 0 Å². The van der Waals surface area contributed by atoms with Gasteiger partial charge in [0.15, 0.2) is 0 Å². The maximum Gasteiger partial charge on any atom is 0.416 e. The number of fused-ring (bicyclic) bond motifs is 1. The second-order valence-corrected chi connectivity index (χ2v) is 10.8. The van der Waals surface area contributed by atoms with E-state index < -0.39 is 11.7 Å². The van der Waals surface area contributed by atoms with Gasteiger partial charge in [-0.25, -0.2) is 0 Å². The molecule has 1 atom stereocenters. The van der Waals surface area contributed by atoms with E-state index in [0.717, 1.165) is 53.6 Å². The van der Waals surface area contributed by atoms with Gasteiger partial charge < -0.3 is 4.74 Å². The molecule has 3 rings (SSSR count). The molecule has 0 aromatic heterocycles. The molecular formula is C26H32BrF3OS. The minimum Gasteiger partial charge on any atom is -0.496 e. The van der Waals surface area contributed by atoms with Gasteiger partial charge in [-0.1, -0.05) is 51.7 Å². The summed E-state index contributed by atoms with van der Waals surface area (Å²) in [5.74, 6) is 1.87. The molecule has 1 nitrogen and oxygen atoms in total. The number of thioether (sulfide) groups is 1. The van der Waals surface area contributed by atoms with Crippen LogP contribution in [-0.2, 0) is 6.18 Å². The molecule has 0 bridgehead atoms. The minimum absolute atomic E-state index is 0.0539. The summed E-state index contributed by atoms with van der Waals surface area (Å²) >= 11 is 5.51. The van der Waals surface area contributed by atoms with Crippen LogP contribution in [-0.4, -0.2) is 12.9 Å². The number of unbranched alkanes of at least 4 members (excludes halogenated alkanes) is 2. The van der Waals surface area contributed by atoms with Crippen LogP contribution in [0.1, 0.15) is 81.4 Å². The molecule has 0 saturated carbocycles. The Morgan fingerprint density at radius 1 is 1.06 bits per heavy atom. The van der Waals surface area contributed by atoms with Crippen LogP contribution in [0, 0.1) is 5.41 Å². The number of rotatable bonds is 8. The van der Waals surface area contributed by atoms with Gasteiger partial charge in [-0.2, -0.15) is 13.2 Å². The molecule has 0 saturated heterocycles. The number of alkyl halides is 3. The molecule has 1 aliphatic heterocycles. The molecule has 2 aromatic rings. The van der Waals surface area contributed by atoms with Gasteiger partial charge in [0.25, 0.3) is 0 Å². The van der Waals surface area contributed by atoms with Gasteiger partial charge >= 0.3 is 6.18 Å². The fraction of sp³-hybridized carbons (Fsp3) is 0.538. The van der Waals surface area contributed by atoms with E-state index in [1.165, 1.54) is 35.4 Å². The molecule has 0 radical (unpaired) electrons. The van der Waals surface area contributed by atoms with Crippen molar-refractivity contribution in [3.63, 3.8) is 0 Å². The van der Waals surface area contributed by atoms with Crippen LogP contribution in [0.3, 0.4) is 0 Å². The Labute approximate surface area is 202 Å². The lowest BCUT2D eigenvalue weighted by Gasteiger charge is -2.35. The van der Waals surface area contributed by atoms with Gasteiger partial charge in [0.1, 0.15) is 5.75 Å². The first-order valence-corrected chi connectivity index (χ1v) is 13.2. The number of hydrogen-bond acceptors (Lipinski definition) is 2. The highest BCUT2D eigenvalue weighted by atomic mass is 79.9. The zero-order valence-corrected chi connectivity index (χ0v) is 21.4. The Kier molecular flexibility index (Phi) is 8.65. The van der Waals surface area contributed by atoms with Crippen LogP contribution < -0.4 is 4.74 Å². The van der Waals surface area contributed by atoms with E-state index in [9.17, 15) is 13.2 Å². The van der Waals surface area contributed by atoms with Crippen molar-refractivity contribution in [2.75, 3.05) is 12.9 Å². The van der Waals surface area contributed by atoms with Crippen molar-refractivity contribution in [1.29, 1.82) is 0 Å². The summed E-state index contributed by atoms with van der Waals surface area (Å²) in [5.41, 5.74) is 1.71. The molecule has 0 spiro atoms. The topological polar surface area (TPSA) is 9.23 Å². The van der Waals surface area contributed by atoms with Gasteiger partial charge in [0.2, 0.25) is 0 Å². The Hall–Kier alpha value is -1.14. The predicted octanol–water partition coefficient (Wildman–Crippen LogP) is 9.47. The highest BCUT2D eigenvalue weighted by molar-refractivity contribution is 9.10. The Balaban J connectivity index is 2.09. The zero-order chi connectivity index (χ0) is 23.4. The van der Waals surface area contributed by atoms with Crippen LogP contribution in [0.15, 0.2) is 45.8 Å². The van der Waals surface area contributed by atoms with Crippen molar-refractivity contribution in [1.82, 2.24) is 0 Å². The predicted molar refractivity (Wildman–Crippen MR) is 131 cm³/mol. The third-order valence-corrected chi connectivity index (χ3v) is 8.63. The summed E-state index contributed by atoms with van der Waals surface area (Å²) in [4.78, 5) is 1.17. The van der Waals surface area contributed by atoms with Gasteiger partial charge in [-0.05, 0) is 76.0 Å². The number of hydrogen-bond donors (Lipinski definition) is 0. The average molecular weight is 530 g/mol. The molecule has 0 aliphatic carbocycles. The lowest BCUT2D eigenvalue weighted by molar-refractivity contribution is -0.137. The summed E-state index contributed by atoms with van der Waals surface area (Å²) < 4.78 is 46.0. The fourth-order valence-electron chi connectivity index (χ4n) is 4.72. The summed E-state index contributed by atoms with van der Waals surface area (Å²) in [7, 11) is 1.66. The van der Waals surface area contributed by atoms with E-state index in [2.05, 4.69) is 41.9 Å². The maximum atomic E-state index is 13.2. The molecule has 2 aromatic carbocycles. The van der Waals surface area contributed by atoms with E-state index in [1.54, 1.807) is 19.2 Å². The standard InChI is InChI=1S/C26H32BrF3OS/c1-4-6-12-25(13-7-5-2)16-21(18-8-10-19(11-9-18)26(28,29)30)20-14-22(27)23(31-3)15-24(20)32-17-25/h8-11,14-15,21H,4-7,12-13,16-17H2,1-3H3. The van der Waals surface area contributed by atoms with Crippen molar-refractivity contribution in [3.05, 3.63) is 57.6 Å². The molecule has 1 heterocycles. The first kappa shape index (κ1) is 25.5. The van der Waals surface area contributed by atoms with Crippen LogP contribution in [0.25, 0.3) is 0 Å². The molecule has 1 aliphatic rings. The number of halogens is 4. The van der Waals surface area contributed by atoms with Crippen molar-refractivity contribution >= 4 is 27.7 Å². The van der Waals surface area contributed by atoms with Gasteiger partial charge in [0.05, 0.1) is 17.1 Å². The monoisotopic (exact) mass is 528 g/mol. The summed E-state index contributed by atoms with van der Waals surface area (Å²) in [6, 6.07) is 10.00. The van der Waals surface area contributed by atoms with Crippen molar-refractivity contribution in [2.24, 2.45) is 5.41 Å². The average Bonchev–Trinajstić information content (AvgIpc) is 2.93. The van der Waals surface area contributed by atoms with Gasteiger partial charge in [-0.15, -0.1) is 11.8 Å². The summed E-state index contributed by atoms with van der Waals surface area (Å²) in [6.07, 6.45) is 3.58. The minimum atomic E-state index is -4.32. The quantitative estimate of drug-likeness (QED) is 0.337. The molecule has 6 heteroatoms. The fourth-order valence-corrected chi connectivity index (χ4v) is 6.66. The molecule has 0 N–H and O–H groups in total. The third kappa shape index (κ3) is 5.85. The lowest BCUT2D eigenvalue weighted by Crippen LogP contribution is -2.26. The maximum absolute atomic E-state index is 13.2. The molecule has 32 heavy (non-hydrogen) atoms. The Morgan fingerprint density at radius 2 is 1.69 bits per heavy atom. The van der Waals surface area contributed by atoms with E-state index in [-0.39, 0.29) is 11.3 Å². The lowest BCUT2D eigenvalue weighted by atomic mass is 9.70. The van der Waals surface area contributed by atoms with Crippen molar-refractivity contribution in [2.45, 2.75) is 75.8 Å². The van der Waals surface area contributed by atoms with Crippen molar-refractivity contribution < 1.29 is 17.9 Å². The summed E-state index contributed by atoms with van der Waals surface area (Å²) in [6.45, 7) is 4.45. The first-order valence-electron chi connectivity index (χ1n) is 11.4. The number of benzene rings is 2. The first-order chi connectivity index (χ1) is 15.2.